The molecule has 160 valence electrons. The van der Waals surface area contributed by atoms with Gasteiger partial charge >= 0.3 is 11.9 Å². The summed E-state index contributed by atoms with van der Waals surface area (Å²) in [6, 6.07) is 2.10. The van der Waals surface area contributed by atoms with E-state index >= 15 is 0 Å². The van der Waals surface area contributed by atoms with Crippen LogP contribution in [0.4, 0.5) is 0 Å². The smallest absolute Gasteiger partial charge is 0.339 e. The molecule has 2 fully saturated rings. The number of ether oxygens (including phenoxy) is 2. The van der Waals surface area contributed by atoms with Crippen molar-refractivity contribution in [3.63, 3.8) is 0 Å². The van der Waals surface area contributed by atoms with E-state index < -0.39 is 69.5 Å². The molecule has 5 N–H and O–H groups in total. The maximum atomic E-state index is 13.4. The number of carbonyl (C=O) groups is 4. The van der Waals surface area contributed by atoms with E-state index in [1.54, 1.807) is 0 Å². The third-order valence-corrected chi connectivity index (χ3v) is 6.06. The molecular formula is C19H19NO10. The van der Waals surface area contributed by atoms with E-state index in [4.69, 9.17) is 9.47 Å². The number of aliphatic hydroxyl groups is 2. The monoisotopic (exact) mass is 421 g/mol. The lowest BCUT2D eigenvalue weighted by Gasteiger charge is -2.46. The minimum Gasteiger partial charge on any atom is -0.506 e. The summed E-state index contributed by atoms with van der Waals surface area (Å²) in [6.07, 6.45) is -2.31. The molecule has 0 unspecified atom stereocenters. The summed E-state index contributed by atoms with van der Waals surface area (Å²) in [4.78, 5) is 49.4. The van der Waals surface area contributed by atoms with Crippen LogP contribution in [0.1, 0.15) is 47.4 Å². The molecule has 30 heavy (non-hydrogen) atoms. The second-order valence-corrected chi connectivity index (χ2v) is 8.07. The average molecular weight is 421 g/mol. The van der Waals surface area contributed by atoms with Gasteiger partial charge in [0.05, 0.1) is 6.42 Å². The van der Waals surface area contributed by atoms with E-state index in [9.17, 15) is 39.6 Å². The molecule has 5 atom stereocenters. The lowest BCUT2D eigenvalue weighted by Crippen LogP contribution is -2.71. The van der Waals surface area contributed by atoms with Gasteiger partial charge in [0.25, 0.3) is 0 Å². The lowest BCUT2D eigenvalue weighted by molar-refractivity contribution is -0.195. The average Bonchev–Trinajstić information content (AvgIpc) is 2.76. The Morgan fingerprint density at radius 1 is 1.17 bits per heavy atom. The maximum Gasteiger partial charge on any atom is 0.339 e. The summed E-state index contributed by atoms with van der Waals surface area (Å²) in [5, 5.41) is 44.6. The predicted molar refractivity (Wildman–Crippen MR) is 94.7 cm³/mol. The van der Waals surface area contributed by atoms with Crippen LogP contribution in [0, 0.1) is 5.92 Å². The van der Waals surface area contributed by atoms with Crippen molar-refractivity contribution in [2.75, 3.05) is 0 Å². The van der Waals surface area contributed by atoms with Crippen LogP contribution >= 0.6 is 0 Å². The van der Waals surface area contributed by atoms with Crippen molar-refractivity contribution in [3.8, 4) is 11.5 Å². The minimum atomic E-state index is -2.27. The molecular weight excluding hydrogens is 402 g/mol. The van der Waals surface area contributed by atoms with Crippen LogP contribution in [0.25, 0.3) is 0 Å². The second kappa shape index (κ2) is 5.92. The highest BCUT2D eigenvalue weighted by atomic mass is 16.6. The maximum absolute atomic E-state index is 13.4. The summed E-state index contributed by atoms with van der Waals surface area (Å²) in [5.74, 6) is -7.01. The quantitative estimate of drug-likeness (QED) is 0.364. The summed E-state index contributed by atoms with van der Waals surface area (Å²) < 4.78 is 11.1. The Labute approximate surface area is 169 Å². The number of amides is 1. The number of phenols is 1. The summed E-state index contributed by atoms with van der Waals surface area (Å²) in [5.41, 5.74) is -7.86. The van der Waals surface area contributed by atoms with Crippen molar-refractivity contribution in [1.29, 1.82) is 0 Å². The summed E-state index contributed by atoms with van der Waals surface area (Å²) in [7, 11) is 0. The molecule has 1 spiro atoms. The van der Waals surface area contributed by atoms with Crippen molar-refractivity contribution in [1.82, 2.24) is 5.32 Å². The number of benzene rings is 1. The van der Waals surface area contributed by atoms with Crippen LogP contribution in [0.15, 0.2) is 12.1 Å². The summed E-state index contributed by atoms with van der Waals surface area (Å²) in [6.45, 7) is 2.28. The Kier molecular flexibility index (Phi) is 3.97. The molecule has 2 aliphatic heterocycles. The molecule has 3 aliphatic rings. The van der Waals surface area contributed by atoms with Crippen LogP contribution in [-0.2, 0) is 14.3 Å². The number of nitrogens with one attached hydrogen (secondary N) is 1. The van der Waals surface area contributed by atoms with Crippen LogP contribution in [0.2, 0.25) is 0 Å². The number of rotatable bonds is 1. The number of esters is 1. The highest BCUT2D eigenvalue weighted by molar-refractivity contribution is 6.09. The number of ketones is 1. The van der Waals surface area contributed by atoms with Gasteiger partial charge in [0, 0.05) is 6.42 Å². The fourth-order valence-corrected chi connectivity index (χ4v) is 4.75. The van der Waals surface area contributed by atoms with Crippen LogP contribution < -0.4 is 10.1 Å². The van der Waals surface area contributed by atoms with Crippen molar-refractivity contribution in [2.24, 2.45) is 5.92 Å². The van der Waals surface area contributed by atoms with Gasteiger partial charge in [-0.25, -0.2) is 4.79 Å². The van der Waals surface area contributed by atoms with Gasteiger partial charge < -0.3 is 35.2 Å². The molecule has 0 aromatic heterocycles. The zero-order valence-corrected chi connectivity index (χ0v) is 16.0. The van der Waals surface area contributed by atoms with E-state index in [2.05, 4.69) is 5.32 Å². The number of Topliss-reactive ketones (excluding diaryl/α,β-unsaturated/α-hetero) is 1. The fourth-order valence-electron chi connectivity index (χ4n) is 4.75. The molecule has 4 rings (SSSR count). The molecule has 1 aliphatic carbocycles. The first kappa shape index (κ1) is 20.1. The predicted octanol–water partition coefficient (Wildman–Crippen LogP) is -0.685. The van der Waals surface area contributed by atoms with Gasteiger partial charge in [0.15, 0.2) is 17.5 Å². The van der Waals surface area contributed by atoms with Crippen molar-refractivity contribution in [2.45, 2.75) is 49.7 Å². The molecule has 1 saturated carbocycles. The van der Waals surface area contributed by atoms with Gasteiger partial charge in [-0.05, 0) is 26.0 Å². The van der Waals surface area contributed by atoms with E-state index in [-0.39, 0.29) is 18.6 Å². The number of carboxylic acids is 1. The van der Waals surface area contributed by atoms with Gasteiger partial charge in [0.1, 0.15) is 34.1 Å². The van der Waals surface area contributed by atoms with E-state index in [1.807, 2.05) is 0 Å². The molecule has 11 nitrogen and oxygen atoms in total. The minimum absolute atomic E-state index is 0.304. The largest absolute Gasteiger partial charge is 0.506 e. The topological polar surface area (TPSA) is 180 Å². The molecule has 2 heterocycles. The molecule has 1 aromatic rings. The first-order valence-electron chi connectivity index (χ1n) is 9.12. The van der Waals surface area contributed by atoms with Gasteiger partial charge in [-0.15, -0.1) is 0 Å². The van der Waals surface area contributed by atoms with E-state index in [0.717, 1.165) is 26.0 Å². The third kappa shape index (κ3) is 2.33. The highest BCUT2D eigenvalue weighted by Gasteiger charge is 2.79. The van der Waals surface area contributed by atoms with Gasteiger partial charge in [-0.1, -0.05) is 0 Å². The second-order valence-electron chi connectivity index (χ2n) is 8.07. The number of fused-ring (bicyclic) bond motifs is 2. The lowest BCUT2D eigenvalue weighted by atomic mass is 9.77. The van der Waals surface area contributed by atoms with Crippen molar-refractivity contribution >= 4 is 23.6 Å². The zero-order valence-electron chi connectivity index (χ0n) is 16.0. The highest BCUT2D eigenvalue weighted by Crippen LogP contribution is 2.57. The van der Waals surface area contributed by atoms with Crippen molar-refractivity contribution < 1.29 is 49.1 Å². The fraction of sp³-hybridized carbons (Fsp3) is 0.474. The number of aromatic hydroxyl groups is 1. The number of aromatic carboxylic acids is 1. The Hall–Kier alpha value is -3.18. The molecule has 1 saturated heterocycles. The number of hydrogen-bond donors (Lipinski definition) is 5. The SMILES string of the molecule is C[C@]1(O)[C@H]2OC(=O)CCC(=O)N[C@]3(Oc4ccc(C(=O)O)c(O)c4C(=O)[C@@H]13)[C@]2(C)O. The Balaban J connectivity index is 2.00. The Morgan fingerprint density at radius 3 is 2.47 bits per heavy atom. The van der Waals surface area contributed by atoms with Crippen LogP contribution in [-0.4, -0.2) is 67.1 Å². The number of carbonyl (C=O) groups excluding carboxylic acids is 3. The van der Waals surface area contributed by atoms with Gasteiger partial charge in [-0.3, -0.25) is 14.4 Å². The third-order valence-electron chi connectivity index (χ3n) is 6.06. The van der Waals surface area contributed by atoms with E-state index in [0.29, 0.717) is 0 Å². The zero-order chi connectivity index (χ0) is 22.2. The normalized spacial score (nSPS) is 37.5. The summed E-state index contributed by atoms with van der Waals surface area (Å²) >= 11 is 0. The first-order chi connectivity index (χ1) is 13.8. The number of hydrogen-bond acceptors (Lipinski definition) is 9. The first-order valence-corrected chi connectivity index (χ1v) is 9.12. The van der Waals surface area contributed by atoms with Crippen LogP contribution in [0.5, 0.6) is 11.5 Å². The standard InChI is InChI=1S/C19H19NO10/c1-17(27)14-13(24)11-8(4-3-7(12(11)23)15(25)26)30-19(14)18(2,28)16(17)29-10(22)6-5-9(21)20-19/h3-4,14,16,23,27-28H,5-6H2,1-2H3,(H,20,21)(H,25,26)/t14-,16+,17+,18+,19+/m0/s1. The van der Waals surface area contributed by atoms with Gasteiger partial charge in [0.2, 0.25) is 11.6 Å². The molecule has 0 radical (unpaired) electrons. The van der Waals surface area contributed by atoms with Gasteiger partial charge in [-0.2, -0.15) is 0 Å². The molecule has 1 amide bonds. The Morgan fingerprint density at radius 2 is 1.83 bits per heavy atom. The molecule has 1 aromatic carbocycles. The Bertz CT molecular complexity index is 1010. The molecule has 2 bridgehead atoms. The van der Waals surface area contributed by atoms with Crippen molar-refractivity contribution in [3.05, 3.63) is 23.3 Å². The van der Waals surface area contributed by atoms with E-state index in [1.165, 1.54) is 0 Å². The van der Waals surface area contributed by atoms with Crippen LogP contribution in [0.3, 0.4) is 0 Å². The molecule has 11 heteroatoms. The number of carboxylic acid groups (broad SMARTS) is 1.